The first kappa shape index (κ1) is 14.9. The van der Waals surface area contributed by atoms with Gasteiger partial charge in [-0.25, -0.2) is 0 Å². The van der Waals surface area contributed by atoms with Crippen LogP contribution in [0.1, 0.15) is 63.5 Å². The minimum Gasteiger partial charge on any atom is -0.310 e. The average Bonchev–Trinajstić information content (AvgIpc) is 2.68. The molecule has 2 rings (SSSR count). The van der Waals surface area contributed by atoms with Gasteiger partial charge in [0.2, 0.25) is 0 Å². The molecule has 0 bridgehead atoms. The van der Waals surface area contributed by atoms with E-state index < -0.39 is 0 Å². The average molecular weight is 280 g/mol. The molecule has 1 aliphatic rings. The third-order valence-electron chi connectivity index (χ3n) is 4.19. The summed E-state index contributed by atoms with van der Waals surface area (Å²) in [4.78, 5) is 0. The molecule has 1 aromatic rings. The maximum Gasteiger partial charge on any atom is 0.0409 e. The van der Waals surface area contributed by atoms with Gasteiger partial charge in [0.15, 0.2) is 0 Å². The summed E-state index contributed by atoms with van der Waals surface area (Å²) >= 11 is 6.17. The molecule has 1 aromatic carbocycles. The van der Waals surface area contributed by atoms with E-state index in [-0.39, 0.29) is 0 Å². The van der Waals surface area contributed by atoms with Crippen molar-refractivity contribution < 1.29 is 0 Å². The predicted molar refractivity (Wildman–Crippen MR) is 83.7 cm³/mol. The summed E-state index contributed by atoms with van der Waals surface area (Å²) in [5.74, 6) is 0.771. The van der Waals surface area contributed by atoms with Crippen LogP contribution in [0.15, 0.2) is 24.3 Å². The normalized spacial score (nSPS) is 19.1. The van der Waals surface area contributed by atoms with Crippen molar-refractivity contribution in [2.45, 2.75) is 57.9 Å². The monoisotopic (exact) mass is 279 g/mol. The smallest absolute Gasteiger partial charge is 0.0409 e. The molecule has 1 saturated carbocycles. The number of hydrogen-bond acceptors (Lipinski definition) is 1. The van der Waals surface area contributed by atoms with Crippen LogP contribution in [0.3, 0.4) is 0 Å². The Labute approximate surface area is 122 Å². The molecule has 0 saturated heterocycles. The summed E-state index contributed by atoms with van der Waals surface area (Å²) in [6, 6.07) is 8.89. The van der Waals surface area contributed by atoms with Crippen LogP contribution in [0.4, 0.5) is 0 Å². The number of nitrogens with one attached hydrogen (secondary N) is 1. The number of benzene rings is 1. The molecule has 1 unspecified atom stereocenters. The van der Waals surface area contributed by atoms with Crippen molar-refractivity contribution >= 4 is 11.6 Å². The minimum absolute atomic E-state index is 0.483. The van der Waals surface area contributed by atoms with Crippen LogP contribution in [-0.4, -0.2) is 6.54 Å². The summed E-state index contributed by atoms with van der Waals surface area (Å²) in [6.07, 6.45) is 9.48. The lowest BCUT2D eigenvalue weighted by Crippen LogP contribution is -2.29. The van der Waals surface area contributed by atoms with E-state index in [0.717, 1.165) is 17.5 Å². The maximum absolute atomic E-state index is 6.17. The van der Waals surface area contributed by atoms with E-state index in [1.54, 1.807) is 0 Å². The zero-order valence-electron chi connectivity index (χ0n) is 12.0. The molecule has 0 radical (unpaired) electrons. The van der Waals surface area contributed by atoms with Gasteiger partial charge in [-0.05, 0) is 49.4 Å². The van der Waals surface area contributed by atoms with E-state index in [1.807, 2.05) is 6.07 Å². The van der Waals surface area contributed by atoms with Gasteiger partial charge >= 0.3 is 0 Å². The van der Waals surface area contributed by atoms with Crippen LogP contribution in [0, 0.1) is 5.92 Å². The van der Waals surface area contributed by atoms with Crippen LogP contribution in [-0.2, 0) is 0 Å². The second-order valence-electron chi connectivity index (χ2n) is 5.74. The number of hydrogen-bond donors (Lipinski definition) is 1. The highest BCUT2D eigenvalue weighted by Crippen LogP contribution is 2.34. The Morgan fingerprint density at radius 3 is 2.58 bits per heavy atom. The second kappa shape index (κ2) is 7.91. The quantitative estimate of drug-likeness (QED) is 0.716. The first-order valence-corrected chi connectivity index (χ1v) is 8.18. The minimum atomic E-state index is 0.483. The van der Waals surface area contributed by atoms with Crippen molar-refractivity contribution in [2.75, 3.05) is 6.54 Å². The Bertz CT molecular complexity index is 369. The lowest BCUT2D eigenvalue weighted by molar-refractivity contribution is 0.326. The van der Waals surface area contributed by atoms with Crippen LogP contribution in [0.2, 0.25) is 5.02 Å². The molecule has 2 heteroatoms. The van der Waals surface area contributed by atoms with Gasteiger partial charge in [0.05, 0.1) is 0 Å². The highest BCUT2D eigenvalue weighted by atomic mass is 35.5. The second-order valence-corrected chi connectivity index (χ2v) is 6.17. The molecular weight excluding hydrogens is 254 g/mol. The zero-order chi connectivity index (χ0) is 13.5. The van der Waals surface area contributed by atoms with Crippen molar-refractivity contribution in [2.24, 2.45) is 5.92 Å². The Morgan fingerprint density at radius 1 is 1.21 bits per heavy atom. The molecule has 0 aromatic heterocycles. The van der Waals surface area contributed by atoms with Crippen molar-refractivity contribution in [3.63, 3.8) is 0 Å². The SMILES string of the molecule is CCCNC(c1cccc(Cl)c1)C1CCCCCC1. The van der Waals surface area contributed by atoms with Gasteiger partial charge in [0, 0.05) is 11.1 Å². The van der Waals surface area contributed by atoms with E-state index in [9.17, 15) is 0 Å². The molecule has 0 spiro atoms. The van der Waals surface area contributed by atoms with Gasteiger partial charge < -0.3 is 5.32 Å². The Morgan fingerprint density at radius 2 is 1.95 bits per heavy atom. The van der Waals surface area contributed by atoms with E-state index >= 15 is 0 Å². The fraction of sp³-hybridized carbons (Fsp3) is 0.647. The van der Waals surface area contributed by atoms with Crippen LogP contribution < -0.4 is 5.32 Å². The van der Waals surface area contributed by atoms with Crippen molar-refractivity contribution in [3.8, 4) is 0 Å². The molecule has 0 heterocycles. The first-order chi connectivity index (χ1) is 9.31. The van der Waals surface area contributed by atoms with Crippen LogP contribution >= 0.6 is 11.6 Å². The number of rotatable bonds is 5. The maximum atomic E-state index is 6.17. The summed E-state index contributed by atoms with van der Waals surface area (Å²) in [7, 11) is 0. The van der Waals surface area contributed by atoms with Gasteiger partial charge in [0.1, 0.15) is 0 Å². The summed E-state index contributed by atoms with van der Waals surface area (Å²) in [5, 5.41) is 4.61. The topological polar surface area (TPSA) is 12.0 Å². The van der Waals surface area contributed by atoms with Gasteiger partial charge in [-0.1, -0.05) is 56.3 Å². The molecular formula is C17H26ClN. The van der Waals surface area contributed by atoms with Gasteiger partial charge in [-0.2, -0.15) is 0 Å². The third-order valence-corrected chi connectivity index (χ3v) is 4.43. The molecule has 1 fully saturated rings. The summed E-state index contributed by atoms with van der Waals surface area (Å²) < 4.78 is 0. The van der Waals surface area contributed by atoms with Gasteiger partial charge in [-0.3, -0.25) is 0 Å². The van der Waals surface area contributed by atoms with Gasteiger partial charge in [0.25, 0.3) is 0 Å². The largest absolute Gasteiger partial charge is 0.310 e. The third kappa shape index (κ3) is 4.50. The highest BCUT2D eigenvalue weighted by Gasteiger charge is 2.23. The lowest BCUT2D eigenvalue weighted by Gasteiger charge is -2.28. The van der Waals surface area contributed by atoms with Crippen LogP contribution in [0.25, 0.3) is 0 Å². The first-order valence-electron chi connectivity index (χ1n) is 7.80. The molecule has 1 atom stereocenters. The van der Waals surface area contributed by atoms with Crippen LogP contribution in [0.5, 0.6) is 0 Å². The summed E-state index contributed by atoms with van der Waals surface area (Å²) in [5.41, 5.74) is 1.37. The van der Waals surface area contributed by atoms with Crippen molar-refractivity contribution in [3.05, 3.63) is 34.9 Å². The Kier molecular flexibility index (Phi) is 6.19. The van der Waals surface area contributed by atoms with Gasteiger partial charge in [-0.15, -0.1) is 0 Å². The van der Waals surface area contributed by atoms with E-state index in [4.69, 9.17) is 11.6 Å². The van der Waals surface area contributed by atoms with E-state index in [1.165, 1.54) is 50.5 Å². The molecule has 1 aliphatic carbocycles. The standard InChI is InChI=1S/C17H26ClN/c1-2-12-19-17(14-8-5-3-4-6-9-14)15-10-7-11-16(18)13-15/h7,10-11,13-14,17,19H,2-6,8-9,12H2,1H3. The van der Waals surface area contributed by atoms with Crippen molar-refractivity contribution in [1.82, 2.24) is 5.32 Å². The molecule has 0 amide bonds. The number of halogens is 1. The Hall–Kier alpha value is -0.530. The fourth-order valence-corrected chi connectivity index (χ4v) is 3.40. The summed E-state index contributed by atoms with van der Waals surface area (Å²) in [6.45, 7) is 3.32. The molecule has 1 nitrogen and oxygen atoms in total. The zero-order valence-corrected chi connectivity index (χ0v) is 12.8. The fourth-order valence-electron chi connectivity index (χ4n) is 3.20. The predicted octanol–water partition coefficient (Wildman–Crippen LogP) is 5.35. The molecule has 19 heavy (non-hydrogen) atoms. The molecule has 106 valence electrons. The highest BCUT2D eigenvalue weighted by molar-refractivity contribution is 6.30. The Balaban J connectivity index is 2.13. The van der Waals surface area contributed by atoms with E-state index in [2.05, 4.69) is 30.4 Å². The van der Waals surface area contributed by atoms with Crippen molar-refractivity contribution in [1.29, 1.82) is 0 Å². The molecule has 1 N–H and O–H groups in total. The lowest BCUT2D eigenvalue weighted by atomic mass is 9.87. The molecule has 0 aliphatic heterocycles. The van der Waals surface area contributed by atoms with E-state index in [0.29, 0.717) is 6.04 Å².